The van der Waals surface area contributed by atoms with Crippen LogP contribution in [0.25, 0.3) is 98.4 Å². The molecule has 46 heavy (non-hydrogen) atoms. The van der Waals surface area contributed by atoms with Crippen molar-refractivity contribution >= 4 is 76.2 Å². The van der Waals surface area contributed by atoms with Crippen LogP contribution in [0.4, 0.5) is 0 Å². The summed E-state index contributed by atoms with van der Waals surface area (Å²) in [7, 11) is 0. The van der Waals surface area contributed by atoms with Gasteiger partial charge in [-0.25, -0.2) is 0 Å². The number of hydrogen-bond acceptors (Lipinski definition) is 2. The van der Waals surface area contributed by atoms with Crippen molar-refractivity contribution in [3.63, 3.8) is 0 Å². The highest BCUT2D eigenvalue weighted by Crippen LogP contribution is 2.46. The Kier molecular flexibility index (Phi) is 5.02. The van der Waals surface area contributed by atoms with Gasteiger partial charge in [-0.1, -0.05) is 106 Å². The molecule has 0 fully saturated rings. The number of benzene rings is 8. The first kappa shape index (κ1) is 25.7. The Balaban J connectivity index is 1.32. The molecule has 0 radical (unpaired) electrons. The Morgan fingerprint density at radius 3 is 1.37 bits per heavy atom. The molecule has 0 aliphatic carbocycles. The molecule has 0 atom stereocenters. The standard InChI is InChI=1S/C44H30O2/c1-44(2,3)29-20-27-12-16-32-34(25-14-18-40-36(22-25)30-8-4-6-10-38(30)45-40)24-35(33-17-13-28(21-29)42(27)43(32)33)26-15-19-41-37(23-26)31-9-5-7-11-39(31)46-41/h4-24H,1-3H3. The second-order valence-corrected chi connectivity index (χ2v) is 13.7. The summed E-state index contributed by atoms with van der Waals surface area (Å²) in [6.07, 6.45) is 0. The molecule has 0 amide bonds. The quantitative estimate of drug-likeness (QED) is 0.187. The third-order valence-corrected chi connectivity index (χ3v) is 9.96. The van der Waals surface area contributed by atoms with E-state index >= 15 is 0 Å². The molecule has 0 spiro atoms. The zero-order valence-electron chi connectivity index (χ0n) is 25.9. The first-order valence-corrected chi connectivity index (χ1v) is 16.0. The summed E-state index contributed by atoms with van der Waals surface area (Å²) in [6.45, 7) is 6.88. The van der Waals surface area contributed by atoms with Gasteiger partial charge in [0.25, 0.3) is 0 Å². The average Bonchev–Trinajstić information content (AvgIpc) is 3.64. The minimum absolute atomic E-state index is 0.0618. The fourth-order valence-electron chi connectivity index (χ4n) is 7.61. The maximum Gasteiger partial charge on any atom is 0.135 e. The zero-order chi connectivity index (χ0) is 30.7. The van der Waals surface area contributed by atoms with Crippen molar-refractivity contribution < 1.29 is 8.83 Å². The molecule has 10 aromatic rings. The SMILES string of the molecule is CC(C)(C)c1cc2ccc3c(-c4ccc5oc6ccccc6c5c4)cc(-c4ccc5oc6ccccc6c5c4)c4ccc(c1)c2c34. The fraction of sp³-hybridized carbons (Fsp3) is 0.0909. The molecule has 0 saturated heterocycles. The lowest BCUT2D eigenvalue weighted by atomic mass is 9.81. The Labute approximate surface area is 265 Å². The molecule has 0 N–H and O–H groups in total. The van der Waals surface area contributed by atoms with E-state index in [0.29, 0.717) is 0 Å². The smallest absolute Gasteiger partial charge is 0.135 e. The first-order chi connectivity index (χ1) is 22.4. The predicted molar refractivity (Wildman–Crippen MR) is 194 cm³/mol. The zero-order valence-corrected chi connectivity index (χ0v) is 25.9. The second-order valence-electron chi connectivity index (χ2n) is 13.7. The van der Waals surface area contributed by atoms with E-state index in [-0.39, 0.29) is 5.41 Å². The van der Waals surface area contributed by atoms with Crippen LogP contribution in [0, 0.1) is 0 Å². The molecule has 0 bridgehead atoms. The van der Waals surface area contributed by atoms with Gasteiger partial charge in [0.2, 0.25) is 0 Å². The summed E-state index contributed by atoms with van der Waals surface area (Å²) < 4.78 is 12.4. The minimum atomic E-state index is 0.0618. The van der Waals surface area contributed by atoms with Crippen LogP contribution in [0.2, 0.25) is 0 Å². The Morgan fingerprint density at radius 2 is 0.870 bits per heavy atom. The van der Waals surface area contributed by atoms with Crippen LogP contribution < -0.4 is 0 Å². The van der Waals surface area contributed by atoms with Crippen LogP contribution in [-0.4, -0.2) is 0 Å². The highest BCUT2D eigenvalue weighted by atomic mass is 16.3. The third-order valence-electron chi connectivity index (χ3n) is 9.96. The van der Waals surface area contributed by atoms with E-state index in [9.17, 15) is 0 Å². The van der Waals surface area contributed by atoms with Crippen LogP contribution in [-0.2, 0) is 5.41 Å². The van der Waals surface area contributed by atoms with Gasteiger partial charge in [-0.15, -0.1) is 0 Å². The Morgan fingerprint density at radius 1 is 0.391 bits per heavy atom. The topological polar surface area (TPSA) is 26.3 Å². The van der Waals surface area contributed by atoms with E-state index < -0.39 is 0 Å². The molecule has 2 heterocycles. The van der Waals surface area contributed by atoms with Crippen molar-refractivity contribution in [1.29, 1.82) is 0 Å². The van der Waals surface area contributed by atoms with Gasteiger partial charge < -0.3 is 8.83 Å². The van der Waals surface area contributed by atoms with E-state index in [0.717, 1.165) is 43.9 Å². The molecule has 0 unspecified atom stereocenters. The van der Waals surface area contributed by atoms with Gasteiger partial charge in [-0.05, 0) is 108 Å². The van der Waals surface area contributed by atoms with Gasteiger partial charge in [0, 0.05) is 21.5 Å². The molecule has 0 aliphatic rings. The van der Waals surface area contributed by atoms with Gasteiger partial charge in [0.1, 0.15) is 22.3 Å². The monoisotopic (exact) mass is 590 g/mol. The lowest BCUT2D eigenvalue weighted by Gasteiger charge is -2.23. The van der Waals surface area contributed by atoms with Crippen LogP contribution in [0.5, 0.6) is 0 Å². The van der Waals surface area contributed by atoms with Crippen molar-refractivity contribution in [2.24, 2.45) is 0 Å². The van der Waals surface area contributed by atoms with Gasteiger partial charge in [0.15, 0.2) is 0 Å². The van der Waals surface area contributed by atoms with Crippen LogP contribution >= 0.6 is 0 Å². The van der Waals surface area contributed by atoms with Gasteiger partial charge in [0.05, 0.1) is 0 Å². The minimum Gasteiger partial charge on any atom is -0.456 e. The molecular formula is C44H30O2. The van der Waals surface area contributed by atoms with Crippen LogP contribution in [0.3, 0.4) is 0 Å². The molecule has 2 heteroatoms. The van der Waals surface area contributed by atoms with Gasteiger partial charge in [-0.3, -0.25) is 0 Å². The van der Waals surface area contributed by atoms with Crippen molar-refractivity contribution in [3.05, 3.63) is 133 Å². The molecule has 218 valence electrons. The molecule has 0 saturated carbocycles. The summed E-state index contributed by atoms with van der Waals surface area (Å²) in [6, 6.07) is 46.4. The normalized spacial score (nSPS) is 12.7. The van der Waals surface area contributed by atoms with E-state index in [4.69, 9.17) is 8.83 Å². The van der Waals surface area contributed by atoms with E-state index in [1.807, 2.05) is 24.3 Å². The summed E-state index contributed by atoms with van der Waals surface area (Å²) in [4.78, 5) is 0. The predicted octanol–water partition coefficient (Wildman–Crippen LogP) is 13.0. The van der Waals surface area contributed by atoms with Crippen molar-refractivity contribution in [1.82, 2.24) is 0 Å². The summed E-state index contributed by atoms with van der Waals surface area (Å²) >= 11 is 0. The first-order valence-electron chi connectivity index (χ1n) is 16.0. The van der Waals surface area contributed by atoms with Gasteiger partial charge >= 0.3 is 0 Å². The number of para-hydroxylation sites is 2. The number of fused-ring (bicyclic) bond motifs is 6. The lowest BCUT2D eigenvalue weighted by Crippen LogP contribution is -2.10. The van der Waals surface area contributed by atoms with Crippen molar-refractivity contribution in [2.75, 3.05) is 0 Å². The van der Waals surface area contributed by atoms with Gasteiger partial charge in [-0.2, -0.15) is 0 Å². The van der Waals surface area contributed by atoms with E-state index in [1.165, 1.54) is 60.1 Å². The number of hydrogen-bond donors (Lipinski definition) is 0. The average molecular weight is 591 g/mol. The molecule has 0 aliphatic heterocycles. The maximum absolute atomic E-state index is 6.21. The molecule has 8 aromatic carbocycles. The van der Waals surface area contributed by atoms with Crippen molar-refractivity contribution in [3.8, 4) is 22.3 Å². The number of furan rings is 2. The van der Waals surface area contributed by atoms with Crippen LogP contribution in [0.1, 0.15) is 26.3 Å². The Bertz CT molecular complexity index is 2650. The summed E-state index contributed by atoms with van der Waals surface area (Å²) in [5.74, 6) is 0. The highest BCUT2D eigenvalue weighted by Gasteiger charge is 2.21. The Hall–Kier alpha value is -5.60. The lowest BCUT2D eigenvalue weighted by molar-refractivity contribution is 0.591. The molecular weight excluding hydrogens is 560 g/mol. The van der Waals surface area contributed by atoms with Crippen molar-refractivity contribution in [2.45, 2.75) is 26.2 Å². The molecule has 2 aromatic heterocycles. The largest absolute Gasteiger partial charge is 0.456 e. The summed E-state index contributed by atoms with van der Waals surface area (Å²) in [5.41, 5.74) is 9.89. The highest BCUT2D eigenvalue weighted by molar-refractivity contribution is 6.28. The maximum atomic E-state index is 6.21. The second kappa shape index (κ2) is 8.99. The number of rotatable bonds is 2. The third kappa shape index (κ3) is 3.59. The fourth-order valence-corrected chi connectivity index (χ4v) is 7.61. The van der Waals surface area contributed by atoms with Crippen LogP contribution in [0.15, 0.2) is 136 Å². The summed E-state index contributed by atoms with van der Waals surface area (Å²) in [5, 5.41) is 12.3. The van der Waals surface area contributed by atoms with E-state index in [1.54, 1.807) is 0 Å². The molecule has 10 rings (SSSR count). The van der Waals surface area contributed by atoms with E-state index in [2.05, 4.69) is 124 Å². The molecule has 2 nitrogen and oxygen atoms in total.